The van der Waals surface area contributed by atoms with Gasteiger partial charge < -0.3 is 9.64 Å². The van der Waals surface area contributed by atoms with Gasteiger partial charge in [-0.15, -0.1) is 11.3 Å². The molecule has 0 radical (unpaired) electrons. The van der Waals surface area contributed by atoms with Gasteiger partial charge in [0.25, 0.3) is 5.91 Å². The summed E-state index contributed by atoms with van der Waals surface area (Å²) in [6.45, 7) is 2.12. The highest BCUT2D eigenvalue weighted by Gasteiger charge is 2.15. The largest absolute Gasteiger partial charge is 0.451 e. The first kappa shape index (κ1) is 16.7. The molecule has 0 aliphatic rings. The number of esters is 1. The van der Waals surface area contributed by atoms with Crippen molar-refractivity contribution < 1.29 is 14.3 Å². The topological polar surface area (TPSA) is 46.6 Å². The summed E-state index contributed by atoms with van der Waals surface area (Å²) in [4.78, 5) is 26.9. The lowest BCUT2D eigenvalue weighted by molar-refractivity contribution is -0.133. The molecule has 0 saturated carbocycles. The molecule has 1 heterocycles. The molecule has 0 fully saturated rings. The summed E-state index contributed by atoms with van der Waals surface area (Å²) in [6.07, 6.45) is 0. The number of ether oxygens (including phenoxy) is 1. The number of benzene rings is 1. The maximum atomic E-state index is 12.0. The first-order chi connectivity index (χ1) is 10.5. The van der Waals surface area contributed by atoms with Crippen molar-refractivity contribution in [3.05, 3.63) is 56.2 Å². The summed E-state index contributed by atoms with van der Waals surface area (Å²) in [6, 6.07) is 11.2. The molecule has 0 spiro atoms. The summed E-state index contributed by atoms with van der Waals surface area (Å²) in [5.41, 5.74) is 0.999. The first-order valence-corrected chi connectivity index (χ1v) is 8.29. The Bertz CT molecular complexity index is 684. The monoisotopic (exact) mass is 381 g/mol. The Labute approximate surface area is 141 Å². The van der Waals surface area contributed by atoms with Gasteiger partial charge in [-0.05, 0) is 30.7 Å². The van der Waals surface area contributed by atoms with Crippen molar-refractivity contribution in [3.8, 4) is 0 Å². The van der Waals surface area contributed by atoms with Crippen molar-refractivity contribution >= 4 is 39.1 Å². The van der Waals surface area contributed by atoms with Crippen molar-refractivity contribution in [1.29, 1.82) is 0 Å². The molecule has 0 atom stereocenters. The highest BCUT2D eigenvalue weighted by Crippen LogP contribution is 2.18. The van der Waals surface area contributed by atoms with Crippen molar-refractivity contribution in [2.75, 3.05) is 13.7 Å². The quantitative estimate of drug-likeness (QED) is 0.742. The lowest BCUT2D eigenvalue weighted by atomic mass is 10.2. The molecule has 4 nitrogen and oxygen atoms in total. The minimum atomic E-state index is -0.458. The summed E-state index contributed by atoms with van der Waals surface area (Å²) in [5, 5.41) is 0. The van der Waals surface area contributed by atoms with Crippen LogP contribution in [0.3, 0.4) is 0 Å². The zero-order valence-corrected chi connectivity index (χ0v) is 14.7. The second kappa shape index (κ2) is 7.56. The fourth-order valence-corrected chi connectivity index (χ4v) is 2.99. The van der Waals surface area contributed by atoms with Gasteiger partial charge in [-0.3, -0.25) is 4.79 Å². The third-order valence-electron chi connectivity index (χ3n) is 3.06. The Kier molecular flexibility index (Phi) is 5.74. The average Bonchev–Trinajstić information content (AvgIpc) is 2.93. The molecule has 2 aromatic rings. The van der Waals surface area contributed by atoms with Gasteiger partial charge in [-0.1, -0.05) is 34.1 Å². The van der Waals surface area contributed by atoms with Gasteiger partial charge in [-0.25, -0.2) is 4.79 Å². The van der Waals surface area contributed by atoms with Crippen LogP contribution in [0.2, 0.25) is 0 Å². The van der Waals surface area contributed by atoms with E-state index in [1.54, 1.807) is 13.1 Å². The maximum absolute atomic E-state index is 12.0. The number of aryl methyl sites for hydroxylation is 1. The van der Waals surface area contributed by atoms with Crippen LogP contribution < -0.4 is 0 Å². The molecule has 2 rings (SSSR count). The normalized spacial score (nSPS) is 10.3. The van der Waals surface area contributed by atoms with Crippen LogP contribution in [0.5, 0.6) is 0 Å². The van der Waals surface area contributed by atoms with Crippen molar-refractivity contribution in [3.63, 3.8) is 0 Å². The number of carbonyl (C=O) groups excluding carboxylic acids is 2. The van der Waals surface area contributed by atoms with Gasteiger partial charge in [0.2, 0.25) is 0 Å². The molecular formula is C16H16BrNO3S. The van der Waals surface area contributed by atoms with Crippen LogP contribution in [0.15, 0.2) is 40.9 Å². The number of amides is 1. The van der Waals surface area contributed by atoms with E-state index in [1.165, 1.54) is 16.2 Å². The highest BCUT2D eigenvalue weighted by molar-refractivity contribution is 9.10. The predicted molar refractivity (Wildman–Crippen MR) is 90.0 cm³/mol. The number of likely N-dealkylation sites (N-methyl/N-ethyl adjacent to an activating group) is 1. The smallest absolute Gasteiger partial charge is 0.348 e. The molecule has 1 aromatic heterocycles. The number of rotatable bonds is 5. The van der Waals surface area contributed by atoms with Crippen LogP contribution in [0.4, 0.5) is 0 Å². The number of hydrogen-bond donors (Lipinski definition) is 0. The van der Waals surface area contributed by atoms with Gasteiger partial charge in [0.05, 0.1) is 0 Å². The molecule has 0 unspecified atom stereocenters. The third-order valence-corrected chi connectivity index (χ3v) is 4.81. The first-order valence-electron chi connectivity index (χ1n) is 6.68. The fourth-order valence-electron chi connectivity index (χ4n) is 1.82. The van der Waals surface area contributed by atoms with E-state index in [4.69, 9.17) is 4.74 Å². The molecule has 22 heavy (non-hydrogen) atoms. The van der Waals surface area contributed by atoms with Crippen molar-refractivity contribution in [1.82, 2.24) is 4.90 Å². The SMILES string of the molecule is Cc1ccc(C(=O)OCC(=O)N(C)Cc2ccccc2Br)s1. The summed E-state index contributed by atoms with van der Waals surface area (Å²) < 4.78 is 6.01. The van der Waals surface area contributed by atoms with Crippen molar-refractivity contribution in [2.24, 2.45) is 0 Å². The second-order valence-corrected chi connectivity index (χ2v) is 6.97. The fraction of sp³-hybridized carbons (Fsp3) is 0.250. The maximum Gasteiger partial charge on any atom is 0.348 e. The minimum Gasteiger partial charge on any atom is -0.451 e. The van der Waals surface area contributed by atoms with Gasteiger partial charge in [0, 0.05) is 22.9 Å². The third kappa shape index (κ3) is 4.42. The lowest BCUT2D eigenvalue weighted by Gasteiger charge is -2.17. The molecular weight excluding hydrogens is 366 g/mol. The molecule has 116 valence electrons. The van der Waals surface area contributed by atoms with Gasteiger partial charge >= 0.3 is 5.97 Å². The Balaban J connectivity index is 1.86. The molecule has 0 N–H and O–H groups in total. The minimum absolute atomic E-state index is 0.239. The van der Waals surface area contributed by atoms with E-state index in [0.717, 1.165) is 14.9 Å². The van der Waals surface area contributed by atoms with E-state index in [0.29, 0.717) is 11.4 Å². The molecule has 0 aliphatic heterocycles. The van der Waals surface area contributed by atoms with E-state index in [2.05, 4.69) is 15.9 Å². The van der Waals surface area contributed by atoms with E-state index < -0.39 is 5.97 Å². The van der Waals surface area contributed by atoms with Crippen LogP contribution in [-0.2, 0) is 16.1 Å². The summed E-state index contributed by atoms with van der Waals surface area (Å²) in [7, 11) is 1.69. The summed E-state index contributed by atoms with van der Waals surface area (Å²) in [5.74, 6) is -0.696. The van der Waals surface area contributed by atoms with E-state index in [9.17, 15) is 9.59 Å². The van der Waals surface area contributed by atoms with Crippen molar-refractivity contribution in [2.45, 2.75) is 13.5 Å². The Morgan fingerprint density at radius 2 is 1.95 bits per heavy atom. The van der Waals surface area contributed by atoms with Crippen LogP contribution in [-0.4, -0.2) is 30.4 Å². The zero-order valence-electron chi connectivity index (χ0n) is 12.3. The van der Waals surface area contributed by atoms with Gasteiger partial charge in [0.15, 0.2) is 6.61 Å². The lowest BCUT2D eigenvalue weighted by Crippen LogP contribution is -2.30. The number of thiophene rings is 1. The molecule has 1 amide bonds. The van der Waals surface area contributed by atoms with E-state index >= 15 is 0 Å². The molecule has 1 aromatic carbocycles. The van der Waals surface area contributed by atoms with Crippen LogP contribution in [0, 0.1) is 6.92 Å². The average molecular weight is 382 g/mol. The van der Waals surface area contributed by atoms with Crippen LogP contribution in [0.1, 0.15) is 20.1 Å². The van der Waals surface area contributed by atoms with E-state index in [1.807, 2.05) is 37.3 Å². The summed E-state index contributed by atoms with van der Waals surface area (Å²) >= 11 is 4.80. The Hall–Kier alpha value is -1.66. The Morgan fingerprint density at radius 3 is 2.59 bits per heavy atom. The van der Waals surface area contributed by atoms with Gasteiger partial charge in [-0.2, -0.15) is 0 Å². The van der Waals surface area contributed by atoms with Crippen LogP contribution in [0.25, 0.3) is 0 Å². The van der Waals surface area contributed by atoms with E-state index in [-0.39, 0.29) is 12.5 Å². The molecule has 0 saturated heterocycles. The highest BCUT2D eigenvalue weighted by atomic mass is 79.9. The number of hydrogen-bond acceptors (Lipinski definition) is 4. The Morgan fingerprint density at radius 1 is 1.23 bits per heavy atom. The van der Waals surface area contributed by atoms with Crippen LogP contribution >= 0.6 is 27.3 Å². The second-order valence-electron chi connectivity index (χ2n) is 4.83. The number of carbonyl (C=O) groups is 2. The van der Waals surface area contributed by atoms with Gasteiger partial charge in [0.1, 0.15) is 4.88 Å². The predicted octanol–water partition coefficient (Wildman–Crippen LogP) is 3.63. The zero-order chi connectivity index (χ0) is 16.1. The number of nitrogens with zero attached hydrogens (tertiary/aromatic N) is 1. The number of halogens is 1. The molecule has 0 aliphatic carbocycles. The standard InChI is InChI=1S/C16H16BrNO3S/c1-11-7-8-14(22-11)16(20)21-10-15(19)18(2)9-12-5-3-4-6-13(12)17/h3-8H,9-10H2,1-2H3. The molecule has 0 bridgehead atoms. The molecule has 6 heteroatoms.